The third-order valence-corrected chi connectivity index (χ3v) is 5.69. The summed E-state index contributed by atoms with van der Waals surface area (Å²) in [5, 5.41) is 3.94. The highest BCUT2D eigenvalue weighted by Gasteiger charge is 2.29. The number of hydrogen-bond acceptors (Lipinski definition) is 2. The molecule has 0 saturated heterocycles. The number of pyridine rings is 1. The molecule has 3 nitrogen and oxygen atoms in total. The molecule has 2 aliphatic rings. The van der Waals surface area contributed by atoms with Crippen LogP contribution in [0.25, 0.3) is 32.7 Å². The Balaban J connectivity index is 1.79. The summed E-state index contributed by atoms with van der Waals surface area (Å²) in [5.41, 5.74) is 3.15. The molecule has 1 aliphatic heterocycles. The van der Waals surface area contributed by atoms with Crippen LogP contribution >= 0.6 is 0 Å². The lowest BCUT2D eigenvalue weighted by Gasteiger charge is -2.18. The predicted octanol–water partition coefficient (Wildman–Crippen LogP) is 4.21. The van der Waals surface area contributed by atoms with Crippen molar-refractivity contribution in [2.45, 2.75) is 12.1 Å². The molecule has 3 heteroatoms. The van der Waals surface area contributed by atoms with Gasteiger partial charge in [0.15, 0.2) is 0 Å². The lowest BCUT2D eigenvalue weighted by atomic mass is 9.94. The van der Waals surface area contributed by atoms with E-state index in [2.05, 4.69) is 42.5 Å². The average molecular weight is 348 g/mol. The summed E-state index contributed by atoms with van der Waals surface area (Å²) in [5.74, 6) is 0. The smallest absolute Gasteiger partial charge is 0.260 e. The van der Waals surface area contributed by atoms with E-state index < -0.39 is 0 Å². The molecule has 4 aromatic rings. The van der Waals surface area contributed by atoms with Crippen LogP contribution in [-0.2, 0) is 0 Å². The Kier molecular flexibility index (Phi) is 2.87. The Morgan fingerprint density at radius 3 is 2.48 bits per heavy atom. The van der Waals surface area contributed by atoms with Crippen LogP contribution in [0.5, 0.6) is 0 Å². The second-order valence-electron chi connectivity index (χ2n) is 7.13. The van der Waals surface area contributed by atoms with Crippen LogP contribution in [0.3, 0.4) is 0 Å². The van der Waals surface area contributed by atoms with E-state index in [9.17, 15) is 4.79 Å². The molecule has 0 amide bonds. The molecule has 0 fully saturated rings. The molecule has 0 bridgehead atoms. The van der Waals surface area contributed by atoms with Gasteiger partial charge in [0.2, 0.25) is 0 Å². The number of fused-ring (bicyclic) bond motifs is 4. The van der Waals surface area contributed by atoms with Crippen molar-refractivity contribution >= 4 is 21.5 Å². The topological polar surface area (TPSA) is 34.4 Å². The third-order valence-electron chi connectivity index (χ3n) is 5.69. The molecule has 3 aromatic carbocycles. The molecule has 0 N–H and O–H groups in total. The second kappa shape index (κ2) is 5.27. The van der Waals surface area contributed by atoms with Gasteiger partial charge in [0.25, 0.3) is 5.56 Å². The zero-order chi connectivity index (χ0) is 18.0. The molecule has 0 spiro atoms. The first-order chi connectivity index (χ1) is 13.3. The summed E-state index contributed by atoms with van der Waals surface area (Å²) in [4.78, 5) is 18.3. The van der Waals surface area contributed by atoms with Crippen molar-refractivity contribution in [2.24, 2.45) is 4.99 Å². The first kappa shape index (κ1) is 14.7. The maximum Gasteiger partial charge on any atom is 0.260 e. The van der Waals surface area contributed by atoms with Crippen molar-refractivity contribution in [3.63, 3.8) is 0 Å². The first-order valence-electron chi connectivity index (χ1n) is 9.21. The fourth-order valence-corrected chi connectivity index (χ4v) is 4.49. The maximum atomic E-state index is 13.4. The van der Waals surface area contributed by atoms with E-state index in [-0.39, 0.29) is 17.6 Å². The van der Waals surface area contributed by atoms with Crippen LogP contribution in [0.4, 0.5) is 0 Å². The summed E-state index contributed by atoms with van der Waals surface area (Å²) >= 11 is 0. The van der Waals surface area contributed by atoms with E-state index in [1.54, 1.807) is 0 Å². The highest BCUT2D eigenvalue weighted by Crippen LogP contribution is 2.34. The van der Waals surface area contributed by atoms with Crippen LogP contribution in [0.2, 0.25) is 0 Å². The van der Waals surface area contributed by atoms with Crippen LogP contribution in [0, 0.1) is 0 Å². The zero-order valence-electron chi connectivity index (χ0n) is 14.5. The number of rotatable bonds is 1. The van der Waals surface area contributed by atoms with Gasteiger partial charge in [-0.25, -0.2) is 0 Å². The maximum absolute atomic E-state index is 13.4. The van der Waals surface area contributed by atoms with Gasteiger partial charge in [-0.15, -0.1) is 0 Å². The van der Waals surface area contributed by atoms with Crippen molar-refractivity contribution in [3.8, 4) is 11.1 Å². The van der Waals surface area contributed by atoms with Gasteiger partial charge in [-0.3, -0.25) is 14.4 Å². The standard InChI is InChI=1S/C24H16N2O/c27-24-19-10-6-9-17-16(15-7-2-1-3-8-15)13-14-18(22(17)19)23-25-20-11-4-5-12-21(20)26(23)24/h1-14,20-21H. The fraction of sp³-hybridized carbons (Fsp3) is 0.0833. The third kappa shape index (κ3) is 1.91. The predicted molar refractivity (Wildman–Crippen MR) is 109 cm³/mol. The number of hydrogen-bond donors (Lipinski definition) is 0. The molecule has 0 radical (unpaired) electrons. The molecular weight excluding hydrogens is 332 g/mol. The minimum absolute atomic E-state index is 0.00659. The Morgan fingerprint density at radius 1 is 0.778 bits per heavy atom. The Hall–Kier alpha value is -3.46. The molecule has 2 heterocycles. The zero-order valence-corrected chi connectivity index (χ0v) is 14.5. The quantitative estimate of drug-likeness (QED) is 0.507. The lowest BCUT2D eigenvalue weighted by molar-refractivity contribution is 0.577. The van der Waals surface area contributed by atoms with Crippen LogP contribution in [0.1, 0.15) is 6.04 Å². The van der Waals surface area contributed by atoms with Crippen molar-refractivity contribution in [1.82, 2.24) is 4.57 Å². The summed E-state index contributed by atoms with van der Waals surface area (Å²) in [6.45, 7) is 0. The van der Waals surface area contributed by atoms with E-state index >= 15 is 0 Å². The van der Waals surface area contributed by atoms with E-state index in [1.807, 2.05) is 47.1 Å². The van der Waals surface area contributed by atoms with E-state index in [0.29, 0.717) is 0 Å². The van der Waals surface area contributed by atoms with E-state index in [4.69, 9.17) is 4.99 Å². The molecule has 128 valence electrons. The van der Waals surface area contributed by atoms with Gasteiger partial charge in [-0.2, -0.15) is 0 Å². The number of allylic oxidation sites excluding steroid dienone is 2. The summed E-state index contributed by atoms with van der Waals surface area (Å²) < 4.78 is 1.87. The van der Waals surface area contributed by atoms with Crippen molar-refractivity contribution in [3.05, 3.63) is 101 Å². The van der Waals surface area contributed by atoms with Crippen LogP contribution in [0.15, 0.2) is 94.8 Å². The molecule has 2 atom stereocenters. The Labute approximate surface area is 155 Å². The first-order valence-corrected chi connectivity index (χ1v) is 9.21. The SMILES string of the molecule is O=c1c2cccc3c(-c4ccccc4)ccc(c4n1C1C=CC=CC1N=4)c32. The minimum atomic E-state index is -0.0188. The molecule has 1 aromatic heterocycles. The Morgan fingerprint density at radius 2 is 1.59 bits per heavy atom. The monoisotopic (exact) mass is 348 g/mol. The normalized spacial score (nSPS) is 20.0. The van der Waals surface area contributed by atoms with Crippen LogP contribution < -0.4 is 11.0 Å². The van der Waals surface area contributed by atoms with Gasteiger partial charge in [0, 0.05) is 16.2 Å². The number of benzene rings is 3. The minimum Gasteiger partial charge on any atom is -0.283 e. The summed E-state index contributed by atoms with van der Waals surface area (Å²) in [7, 11) is 0. The molecule has 0 saturated carbocycles. The lowest BCUT2D eigenvalue weighted by Crippen LogP contribution is -2.34. The second-order valence-corrected chi connectivity index (χ2v) is 7.13. The molecule has 2 unspecified atom stereocenters. The van der Waals surface area contributed by atoms with Gasteiger partial charge >= 0.3 is 0 Å². The molecule has 27 heavy (non-hydrogen) atoms. The fourth-order valence-electron chi connectivity index (χ4n) is 4.49. The van der Waals surface area contributed by atoms with E-state index in [1.165, 1.54) is 0 Å². The van der Waals surface area contributed by atoms with Crippen molar-refractivity contribution in [2.75, 3.05) is 0 Å². The molecule has 6 rings (SSSR count). The highest BCUT2D eigenvalue weighted by molar-refractivity contribution is 6.14. The Bertz CT molecular complexity index is 1390. The number of aromatic nitrogens is 1. The van der Waals surface area contributed by atoms with Crippen LogP contribution in [-0.4, -0.2) is 10.6 Å². The van der Waals surface area contributed by atoms with Gasteiger partial charge in [0.1, 0.15) is 5.49 Å². The van der Waals surface area contributed by atoms with Gasteiger partial charge in [-0.1, -0.05) is 72.8 Å². The van der Waals surface area contributed by atoms with E-state index in [0.717, 1.165) is 38.2 Å². The summed E-state index contributed by atoms with van der Waals surface area (Å²) in [6, 6.07) is 20.6. The molecular formula is C24H16N2O. The highest BCUT2D eigenvalue weighted by atomic mass is 16.1. The number of nitrogens with zero attached hydrogens (tertiary/aromatic N) is 2. The van der Waals surface area contributed by atoms with Gasteiger partial charge < -0.3 is 0 Å². The van der Waals surface area contributed by atoms with Crippen molar-refractivity contribution < 1.29 is 0 Å². The largest absolute Gasteiger partial charge is 0.283 e. The summed E-state index contributed by atoms with van der Waals surface area (Å²) in [6.07, 6.45) is 8.16. The van der Waals surface area contributed by atoms with Crippen molar-refractivity contribution in [1.29, 1.82) is 0 Å². The van der Waals surface area contributed by atoms with Gasteiger partial charge in [0.05, 0.1) is 12.1 Å². The molecule has 1 aliphatic carbocycles. The average Bonchev–Trinajstić information content (AvgIpc) is 3.12. The van der Waals surface area contributed by atoms with Gasteiger partial charge in [-0.05, 0) is 28.6 Å².